The summed E-state index contributed by atoms with van der Waals surface area (Å²) in [5, 5.41) is 9.18. The molecule has 0 saturated carbocycles. The Morgan fingerprint density at radius 3 is 1.56 bits per heavy atom. The van der Waals surface area contributed by atoms with Crippen LogP contribution in [0.25, 0.3) is 0 Å². The summed E-state index contributed by atoms with van der Waals surface area (Å²) in [6, 6.07) is 16.9. The van der Waals surface area contributed by atoms with Gasteiger partial charge in [0.25, 0.3) is 0 Å². The van der Waals surface area contributed by atoms with Crippen LogP contribution in [0.3, 0.4) is 0 Å². The Bertz CT molecular complexity index is 384. The standard InChI is InChI=1S/C7H8.C6H5ClO.CH4.2ClH/c1-7-5-3-2-4-6-7;7-5-3-1-2-4-6(5)8;;;/h2-6H,1H3;1-4,8H;1H4;2*1H. The summed E-state index contributed by atoms with van der Waals surface area (Å²) < 4.78 is 0. The van der Waals surface area contributed by atoms with Crippen LogP contribution in [-0.4, -0.2) is 5.11 Å². The molecule has 0 bridgehead atoms. The zero-order chi connectivity index (χ0) is 11.1. The number of hydrogen-bond donors (Lipinski definition) is 1. The predicted molar refractivity (Wildman–Crippen MR) is 85.5 cm³/mol. The van der Waals surface area contributed by atoms with Crippen molar-refractivity contribution >= 4 is 36.4 Å². The minimum atomic E-state index is 0. The van der Waals surface area contributed by atoms with Crippen LogP contribution in [-0.2, 0) is 0 Å². The highest BCUT2D eigenvalue weighted by Gasteiger charge is 1.89. The van der Waals surface area contributed by atoms with E-state index in [1.807, 2.05) is 18.2 Å². The molecule has 0 radical (unpaired) electrons. The zero-order valence-electron chi connectivity index (χ0n) is 9.34. The minimum absolute atomic E-state index is 0. The molecule has 4 heteroatoms. The molecule has 0 aliphatic rings. The van der Waals surface area contributed by atoms with Crippen molar-refractivity contribution in [1.29, 1.82) is 0 Å². The third-order valence-electron chi connectivity index (χ3n) is 1.79. The van der Waals surface area contributed by atoms with Gasteiger partial charge in [-0.05, 0) is 19.1 Å². The largest absolute Gasteiger partial charge is 0.506 e. The molecule has 0 aliphatic heterocycles. The number of phenolic OH excluding ortho intramolecular Hbond substituents is 1. The Balaban J connectivity index is -0.000000215. The number of benzene rings is 2. The van der Waals surface area contributed by atoms with E-state index in [1.54, 1.807) is 24.3 Å². The second-order valence-corrected chi connectivity index (χ2v) is 3.51. The monoisotopic (exact) mass is 308 g/mol. The summed E-state index contributed by atoms with van der Waals surface area (Å²) in [5.41, 5.74) is 1.32. The lowest BCUT2D eigenvalue weighted by Crippen LogP contribution is -1.62. The summed E-state index contributed by atoms with van der Waals surface area (Å²) >= 11 is 5.46. The third kappa shape index (κ3) is 9.17. The summed E-state index contributed by atoms with van der Waals surface area (Å²) in [4.78, 5) is 0. The lowest BCUT2D eigenvalue weighted by molar-refractivity contribution is 0.475. The molecule has 0 saturated heterocycles. The van der Waals surface area contributed by atoms with E-state index >= 15 is 0 Å². The third-order valence-corrected chi connectivity index (χ3v) is 2.11. The number of para-hydroxylation sites is 1. The maximum atomic E-state index is 8.79. The average molecular weight is 310 g/mol. The fraction of sp³-hybridized carbons (Fsp3) is 0.143. The first-order chi connectivity index (χ1) is 7.20. The van der Waals surface area contributed by atoms with Crippen molar-refractivity contribution in [2.75, 3.05) is 0 Å². The molecular weight excluding hydrogens is 291 g/mol. The van der Waals surface area contributed by atoms with E-state index in [-0.39, 0.29) is 38.0 Å². The first-order valence-corrected chi connectivity index (χ1v) is 5.03. The van der Waals surface area contributed by atoms with Crippen LogP contribution in [0.15, 0.2) is 54.6 Å². The van der Waals surface area contributed by atoms with Gasteiger partial charge < -0.3 is 5.11 Å². The first-order valence-electron chi connectivity index (χ1n) is 4.65. The molecule has 102 valence electrons. The van der Waals surface area contributed by atoms with Gasteiger partial charge in [-0.1, -0.05) is 67.1 Å². The summed E-state index contributed by atoms with van der Waals surface area (Å²) in [6.07, 6.45) is 0. The zero-order valence-corrected chi connectivity index (χ0v) is 11.7. The van der Waals surface area contributed by atoms with Gasteiger partial charge in [0.2, 0.25) is 0 Å². The van der Waals surface area contributed by atoms with Crippen molar-refractivity contribution in [3.63, 3.8) is 0 Å². The van der Waals surface area contributed by atoms with Crippen molar-refractivity contribution in [2.24, 2.45) is 0 Å². The van der Waals surface area contributed by atoms with E-state index in [9.17, 15) is 0 Å². The van der Waals surface area contributed by atoms with Gasteiger partial charge in [0, 0.05) is 0 Å². The highest BCUT2D eigenvalue weighted by Crippen LogP contribution is 2.20. The van der Waals surface area contributed by atoms with Crippen LogP contribution in [0.5, 0.6) is 5.75 Å². The van der Waals surface area contributed by atoms with Gasteiger partial charge in [-0.25, -0.2) is 0 Å². The van der Waals surface area contributed by atoms with Crippen LogP contribution in [0.2, 0.25) is 5.02 Å². The molecule has 0 atom stereocenters. The summed E-state index contributed by atoms with van der Waals surface area (Å²) in [5.74, 6) is 0.133. The quantitative estimate of drug-likeness (QED) is 0.679. The number of aryl methyl sites for hydroxylation is 1. The van der Waals surface area contributed by atoms with E-state index < -0.39 is 0 Å². The first kappa shape index (κ1) is 22.3. The average Bonchev–Trinajstić information content (AvgIpc) is 2.25. The number of hydrogen-bond acceptors (Lipinski definition) is 1. The predicted octanol–water partition coefficient (Wildman–Crippen LogP) is 5.52. The van der Waals surface area contributed by atoms with E-state index in [4.69, 9.17) is 16.7 Å². The Labute approximate surface area is 127 Å². The molecule has 2 rings (SSSR count). The lowest BCUT2D eigenvalue weighted by Gasteiger charge is -1.89. The number of aromatic hydroxyl groups is 1. The number of halogens is 3. The molecule has 0 heterocycles. The van der Waals surface area contributed by atoms with Gasteiger partial charge >= 0.3 is 0 Å². The highest BCUT2D eigenvalue weighted by molar-refractivity contribution is 6.31. The molecule has 0 spiro atoms. The smallest absolute Gasteiger partial charge is 0.134 e. The maximum Gasteiger partial charge on any atom is 0.134 e. The molecule has 1 N–H and O–H groups in total. The highest BCUT2D eigenvalue weighted by atomic mass is 35.5. The van der Waals surface area contributed by atoms with Gasteiger partial charge in [0.05, 0.1) is 5.02 Å². The van der Waals surface area contributed by atoms with Crippen molar-refractivity contribution < 1.29 is 5.11 Å². The van der Waals surface area contributed by atoms with Gasteiger partial charge in [-0.15, -0.1) is 24.8 Å². The molecule has 0 unspecified atom stereocenters. The Hall–Kier alpha value is -0.890. The van der Waals surface area contributed by atoms with Crippen molar-refractivity contribution in [3.8, 4) is 5.75 Å². The summed E-state index contributed by atoms with van der Waals surface area (Å²) in [7, 11) is 0. The topological polar surface area (TPSA) is 20.2 Å². The van der Waals surface area contributed by atoms with E-state index in [0.717, 1.165) is 0 Å². The lowest BCUT2D eigenvalue weighted by atomic mass is 10.2. The van der Waals surface area contributed by atoms with Crippen LogP contribution in [0.4, 0.5) is 0 Å². The summed E-state index contributed by atoms with van der Waals surface area (Å²) in [6.45, 7) is 2.08. The van der Waals surface area contributed by atoms with E-state index in [2.05, 4.69) is 19.1 Å². The van der Waals surface area contributed by atoms with Crippen LogP contribution in [0.1, 0.15) is 13.0 Å². The molecule has 0 aromatic heterocycles. The van der Waals surface area contributed by atoms with E-state index in [1.165, 1.54) is 5.56 Å². The van der Waals surface area contributed by atoms with Gasteiger partial charge in [-0.2, -0.15) is 0 Å². The van der Waals surface area contributed by atoms with Crippen LogP contribution < -0.4 is 0 Å². The van der Waals surface area contributed by atoms with Crippen molar-refractivity contribution in [3.05, 3.63) is 65.2 Å². The van der Waals surface area contributed by atoms with Crippen molar-refractivity contribution in [1.82, 2.24) is 0 Å². The second kappa shape index (κ2) is 12.6. The van der Waals surface area contributed by atoms with Crippen LogP contribution in [0, 0.1) is 6.92 Å². The molecule has 2 aromatic rings. The molecule has 0 amide bonds. The second-order valence-electron chi connectivity index (χ2n) is 3.11. The fourth-order valence-electron chi connectivity index (χ4n) is 0.986. The van der Waals surface area contributed by atoms with Crippen molar-refractivity contribution in [2.45, 2.75) is 14.4 Å². The van der Waals surface area contributed by atoms with Crippen LogP contribution >= 0.6 is 36.4 Å². The molecule has 0 fully saturated rings. The van der Waals surface area contributed by atoms with E-state index in [0.29, 0.717) is 5.02 Å². The Morgan fingerprint density at radius 1 is 0.833 bits per heavy atom. The maximum absolute atomic E-state index is 8.79. The van der Waals surface area contributed by atoms with Gasteiger partial charge in [-0.3, -0.25) is 0 Å². The van der Waals surface area contributed by atoms with Gasteiger partial charge in [0.1, 0.15) is 5.75 Å². The molecule has 0 aliphatic carbocycles. The number of rotatable bonds is 0. The molecule has 18 heavy (non-hydrogen) atoms. The normalized spacial score (nSPS) is 7.44. The number of phenols is 1. The Kier molecular flexibility index (Phi) is 15.6. The Morgan fingerprint density at radius 2 is 1.28 bits per heavy atom. The molecular formula is C14H19Cl3O. The molecule has 2 aromatic carbocycles. The SMILES string of the molecule is C.Cc1ccccc1.Cl.Cl.Oc1ccccc1Cl. The fourth-order valence-corrected chi connectivity index (χ4v) is 1.12. The molecule has 1 nitrogen and oxygen atoms in total. The minimum Gasteiger partial charge on any atom is -0.506 e. The van der Waals surface area contributed by atoms with Gasteiger partial charge in [0.15, 0.2) is 0 Å².